The van der Waals surface area contributed by atoms with Crippen molar-refractivity contribution in [3.63, 3.8) is 0 Å². The molecule has 1 aromatic heterocycles. The van der Waals surface area contributed by atoms with Gasteiger partial charge in [-0.3, -0.25) is 0 Å². The van der Waals surface area contributed by atoms with Gasteiger partial charge in [-0.05, 0) is 42.0 Å². The van der Waals surface area contributed by atoms with Gasteiger partial charge in [0, 0.05) is 12.2 Å². The highest BCUT2D eigenvalue weighted by molar-refractivity contribution is 5.48. The molecular weight excluding hydrogens is 335 g/mol. The van der Waals surface area contributed by atoms with Crippen molar-refractivity contribution in [3.8, 4) is 5.75 Å². The number of methoxy groups -OCH3 is 1. The molecule has 0 saturated carbocycles. The molecule has 0 aliphatic carbocycles. The van der Waals surface area contributed by atoms with E-state index in [0.717, 1.165) is 29.2 Å². The van der Waals surface area contributed by atoms with Gasteiger partial charge in [0.15, 0.2) is 6.23 Å². The molecule has 134 valence electrons. The van der Waals surface area contributed by atoms with Gasteiger partial charge in [0.05, 0.1) is 26.5 Å². The first-order valence-electron chi connectivity index (χ1n) is 8.40. The number of ether oxygens (including phenoxy) is 2. The fourth-order valence-electron chi connectivity index (χ4n) is 3.07. The molecule has 2 aromatic carbocycles. The summed E-state index contributed by atoms with van der Waals surface area (Å²) in [5, 5.41) is 8.48. The fourth-order valence-corrected chi connectivity index (χ4v) is 3.07. The lowest BCUT2D eigenvalue weighted by Gasteiger charge is -2.23. The van der Waals surface area contributed by atoms with Crippen molar-refractivity contribution in [2.24, 2.45) is 0 Å². The standard InChI is InChI=1S/C19H19FN4O2/c1-25-17-4-2-3-14(11-17)12-23-13-18(21-22-23)19-24(9-10-26-19)16-7-5-15(20)6-8-16/h2-8,11,13,19H,9-10,12H2,1H3/t19-/m0/s1. The summed E-state index contributed by atoms with van der Waals surface area (Å²) >= 11 is 0. The Hall–Kier alpha value is -2.93. The molecule has 7 heteroatoms. The van der Waals surface area contributed by atoms with Crippen LogP contribution in [0.3, 0.4) is 0 Å². The van der Waals surface area contributed by atoms with Crippen LogP contribution in [0.4, 0.5) is 10.1 Å². The Morgan fingerprint density at radius 3 is 2.88 bits per heavy atom. The van der Waals surface area contributed by atoms with E-state index in [1.165, 1.54) is 12.1 Å². The van der Waals surface area contributed by atoms with Crippen LogP contribution in [0.5, 0.6) is 5.75 Å². The average Bonchev–Trinajstić information content (AvgIpc) is 3.32. The van der Waals surface area contributed by atoms with Crippen molar-refractivity contribution >= 4 is 5.69 Å². The highest BCUT2D eigenvalue weighted by Crippen LogP contribution is 2.31. The molecule has 1 aliphatic rings. The van der Waals surface area contributed by atoms with Crippen molar-refractivity contribution in [3.05, 3.63) is 71.8 Å². The predicted molar refractivity (Wildman–Crippen MR) is 94.6 cm³/mol. The number of benzene rings is 2. The zero-order valence-electron chi connectivity index (χ0n) is 14.4. The molecule has 3 aromatic rings. The topological polar surface area (TPSA) is 52.4 Å². The molecule has 26 heavy (non-hydrogen) atoms. The van der Waals surface area contributed by atoms with Crippen LogP contribution in [-0.4, -0.2) is 35.3 Å². The van der Waals surface area contributed by atoms with Crippen molar-refractivity contribution in [1.29, 1.82) is 0 Å². The van der Waals surface area contributed by atoms with Crippen LogP contribution >= 0.6 is 0 Å². The second-order valence-corrected chi connectivity index (χ2v) is 6.09. The summed E-state index contributed by atoms with van der Waals surface area (Å²) in [6.45, 7) is 1.90. The third-order valence-corrected chi connectivity index (χ3v) is 4.34. The van der Waals surface area contributed by atoms with Gasteiger partial charge < -0.3 is 14.4 Å². The number of aromatic nitrogens is 3. The second-order valence-electron chi connectivity index (χ2n) is 6.09. The third kappa shape index (κ3) is 3.39. The molecule has 0 spiro atoms. The predicted octanol–water partition coefficient (Wildman–Crippen LogP) is 3.01. The highest BCUT2D eigenvalue weighted by Gasteiger charge is 2.29. The van der Waals surface area contributed by atoms with Gasteiger partial charge in [-0.15, -0.1) is 5.10 Å². The third-order valence-electron chi connectivity index (χ3n) is 4.34. The quantitative estimate of drug-likeness (QED) is 0.705. The number of rotatable bonds is 5. The normalized spacial score (nSPS) is 16.8. The van der Waals surface area contributed by atoms with Crippen molar-refractivity contribution in [1.82, 2.24) is 15.0 Å². The Morgan fingerprint density at radius 1 is 1.23 bits per heavy atom. The Balaban J connectivity index is 1.52. The number of hydrogen-bond donors (Lipinski definition) is 0. The first kappa shape index (κ1) is 16.5. The van der Waals surface area contributed by atoms with E-state index < -0.39 is 0 Å². The molecule has 0 N–H and O–H groups in total. The molecule has 0 amide bonds. The molecule has 4 rings (SSSR count). The van der Waals surface area contributed by atoms with E-state index in [4.69, 9.17) is 9.47 Å². The smallest absolute Gasteiger partial charge is 0.177 e. The van der Waals surface area contributed by atoms with E-state index in [2.05, 4.69) is 15.2 Å². The summed E-state index contributed by atoms with van der Waals surface area (Å²) in [4.78, 5) is 2.05. The minimum absolute atomic E-state index is 0.255. The fraction of sp³-hybridized carbons (Fsp3) is 0.263. The first-order valence-corrected chi connectivity index (χ1v) is 8.40. The van der Waals surface area contributed by atoms with Crippen LogP contribution in [0.1, 0.15) is 17.5 Å². The second kappa shape index (κ2) is 7.13. The van der Waals surface area contributed by atoms with E-state index in [1.54, 1.807) is 23.9 Å². The van der Waals surface area contributed by atoms with Crippen LogP contribution in [0.25, 0.3) is 0 Å². The average molecular weight is 354 g/mol. The van der Waals surface area contributed by atoms with E-state index in [-0.39, 0.29) is 12.0 Å². The molecule has 0 unspecified atom stereocenters. The van der Waals surface area contributed by atoms with Gasteiger partial charge in [0.2, 0.25) is 0 Å². The van der Waals surface area contributed by atoms with E-state index in [1.807, 2.05) is 30.5 Å². The SMILES string of the molecule is COc1cccc(Cn2cc([C@@H]3OCCN3c3ccc(F)cc3)nn2)c1. The molecule has 0 bridgehead atoms. The molecule has 6 nitrogen and oxygen atoms in total. The number of hydrogen-bond acceptors (Lipinski definition) is 5. The Kier molecular flexibility index (Phi) is 4.53. The molecule has 1 saturated heterocycles. The number of anilines is 1. The lowest BCUT2D eigenvalue weighted by Crippen LogP contribution is -2.23. The van der Waals surface area contributed by atoms with Crippen LogP contribution in [0.15, 0.2) is 54.7 Å². The zero-order chi connectivity index (χ0) is 17.9. The molecule has 1 aliphatic heterocycles. The van der Waals surface area contributed by atoms with Crippen LogP contribution in [-0.2, 0) is 11.3 Å². The van der Waals surface area contributed by atoms with Crippen LogP contribution in [0.2, 0.25) is 0 Å². The van der Waals surface area contributed by atoms with Gasteiger partial charge >= 0.3 is 0 Å². The number of nitrogens with zero attached hydrogens (tertiary/aromatic N) is 4. The lowest BCUT2D eigenvalue weighted by molar-refractivity contribution is 0.110. The number of halogens is 1. The van der Waals surface area contributed by atoms with Crippen molar-refractivity contribution in [2.45, 2.75) is 12.8 Å². The highest BCUT2D eigenvalue weighted by atomic mass is 19.1. The van der Waals surface area contributed by atoms with Gasteiger partial charge in [-0.2, -0.15) is 0 Å². The molecular formula is C19H19FN4O2. The minimum Gasteiger partial charge on any atom is -0.497 e. The first-order chi connectivity index (χ1) is 12.7. The molecule has 2 heterocycles. The Morgan fingerprint density at radius 2 is 2.08 bits per heavy atom. The van der Waals surface area contributed by atoms with E-state index in [9.17, 15) is 4.39 Å². The van der Waals surface area contributed by atoms with Gasteiger partial charge in [0.1, 0.15) is 17.3 Å². The monoisotopic (exact) mass is 354 g/mol. The molecule has 1 fully saturated rings. The van der Waals surface area contributed by atoms with Crippen molar-refractivity contribution < 1.29 is 13.9 Å². The maximum absolute atomic E-state index is 13.2. The lowest BCUT2D eigenvalue weighted by atomic mass is 10.2. The summed E-state index contributed by atoms with van der Waals surface area (Å²) in [6, 6.07) is 14.2. The van der Waals surface area contributed by atoms with E-state index in [0.29, 0.717) is 13.2 Å². The maximum Gasteiger partial charge on any atom is 0.177 e. The Bertz CT molecular complexity index is 881. The summed E-state index contributed by atoms with van der Waals surface area (Å²) in [5.74, 6) is 0.555. The Labute approximate surface area is 150 Å². The summed E-state index contributed by atoms with van der Waals surface area (Å²) in [5.41, 5.74) is 2.70. The summed E-state index contributed by atoms with van der Waals surface area (Å²) in [7, 11) is 1.65. The maximum atomic E-state index is 13.2. The van der Waals surface area contributed by atoms with Gasteiger partial charge in [-0.25, -0.2) is 9.07 Å². The van der Waals surface area contributed by atoms with Gasteiger partial charge in [0.25, 0.3) is 0 Å². The summed E-state index contributed by atoms with van der Waals surface area (Å²) in [6.07, 6.45) is 1.56. The molecule has 1 atom stereocenters. The largest absolute Gasteiger partial charge is 0.497 e. The zero-order valence-corrected chi connectivity index (χ0v) is 14.4. The van der Waals surface area contributed by atoms with Crippen LogP contribution < -0.4 is 9.64 Å². The summed E-state index contributed by atoms with van der Waals surface area (Å²) < 4.78 is 26.0. The van der Waals surface area contributed by atoms with Crippen LogP contribution in [0, 0.1) is 5.82 Å². The van der Waals surface area contributed by atoms with Gasteiger partial charge in [-0.1, -0.05) is 17.3 Å². The van der Waals surface area contributed by atoms with Crippen molar-refractivity contribution in [2.75, 3.05) is 25.2 Å². The molecule has 0 radical (unpaired) electrons. The minimum atomic E-state index is -0.320. The van der Waals surface area contributed by atoms with E-state index >= 15 is 0 Å².